The van der Waals surface area contributed by atoms with E-state index in [1.54, 1.807) is 24.1 Å². The average Bonchev–Trinajstić information content (AvgIpc) is 2.76. The number of carboxylic acid groups (broad SMARTS) is 1. The van der Waals surface area contributed by atoms with Crippen molar-refractivity contribution >= 4 is 17.6 Å². The maximum absolute atomic E-state index is 10.6. The average molecular weight is 281 g/mol. The number of likely N-dealkylation sites (N-methyl/N-ethyl adjacent to an activating group) is 1. The minimum Gasteiger partial charge on any atom is -0.480 e. The van der Waals surface area contributed by atoms with Crippen LogP contribution >= 0.6 is 11.6 Å². The minimum absolute atomic E-state index is 0.0423. The lowest BCUT2D eigenvalue weighted by Crippen LogP contribution is -2.25. The van der Waals surface area contributed by atoms with Crippen LogP contribution in [0.2, 0.25) is 5.02 Å². The van der Waals surface area contributed by atoms with Gasteiger partial charge in [-0.2, -0.15) is 0 Å². The molecule has 0 radical (unpaired) electrons. The van der Waals surface area contributed by atoms with Crippen LogP contribution in [0.3, 0.4) is 0 Å². The monoisotopic (exact) mass is 280 g/mol. The number of carbonyl (C=O) groups is 1. The lowest BCUT2D eigenvalue weighted by Gasteiger charge is -2.10. The van der Waals surface area contributed by atoms with Crippen LogP contribution in [0.25, 0.3) is 11.5 Å². The highest BCUT2D eigenvalue weighted by Gasteiger charge is 2.10. The Labute approximate surface area is 115 Å². The number of aromatic nitrogens is 1. The number of benzene rings is 1. The smallest absolute Gasteiger partial charge is 0.317 e. The molecule has 1 heterocycles. The summed E-state index contributed by atoms with van der Waals surface area (Å²) in [6.07, 6.45) is 1.52. The Kier molecular flexibility index (Phi) is 4.19. The van der Waals surface area contributed by atoms with Gasteiger partial charge in [0, 0.05) is 17.1 Å². The highest BCUT2D eigenvalue weighted by atomic mass is 35.5. The summed E-state index contributed by atoms with van der Waals surface area (Å²) in [5.41, 5.74) is 1.47. The van der Waals surface area contributed by atoms with Crippen LogP contribution in [0, 0.1) is 0 Å². The second-order valence-electron chi connectivity index (χ2n) is 4.22. The van der Waals surface area contributed by atoms with Gasteiger partial charge in [-0.3, -0.25) is 9.69 Å². The van der Waals surface area contributed by atoms with Gasteiger partial charge in [-0.25, -0.2) is 4.98 Å². The molecule has 0 unspecified atom stereocenters. The number of nitrogens with zero attached hydrogens (tertiary/aromatic N) is 2. The molecule has 5 nitrogen and oxygen atoms in total. The molecular weight excluding hydrogens is 268 g/mol. The van der Waals surface area contributed by atoms with E-state index in [9.17, 15) is 4.79 Å². The first-order chi connectivity index (χ1) is 9.04. The Morgan fingerprint density at radius 3 is 3.00 bits per heavy atom. The maximum Gasteiger partial charge on any atom is 0.317 e. The predicted molar refractivity (Wildman–Crippen MR) is 70.9 cm³/mol. The zero-order valence-corrected chi connectivity index (χ0v) is 11.1. The van der Waals surface area contributed by atoms with Crippen molar-refractivity contribution in [2.75, 3.05) is 13.6 Å². The number of hydrogen-bond donors (Lipinski definition) is 1. The van der Waals surface area contributed by atoms with Gasteiger partial charge in [-0.05, 0) is 25.2 Å². The summed E-state index contributed by atoms with van der Waals surface area (Å²) in [6.45, 7) is 0.371. The Bertz CT molecular complexity index is 583. The summed E-state index contributed by atoms with van der Waals surface area (Å²) in [7, 11) is 1.71. The fourth-order valence-corrected chi connectivity index (χ4v) is 1.89. The molecule has 0 amide bonds. The van der Waals surface area contributed by atoms with E-state index in [0.717, 1.165) is 5.56 Å². The molecule has 0 saturated heterocycles. The molecule has 0 aliphatic rings. The maximum atomic E-state index is 10.6. The lowest BCUT2D eigenvalue weighted by molar-refractivity contribution is -0.138. The third-order valence-corrected chi connectivity index (χ3v) is 2.70. The van der Waals surface area contributed by atoms with Crippen molar-refractivity contribution in [1.29, 1.82) is 0 Å². The topological polar surface area (TPSA) is 66.6 Å². The molecule has 0 spiro atoms. The second-order valence-corrected chi connectivity index (χ2v) is 4.66. The van der Waals surface area contributed by atoms with Gasteiger partial charge in [0.2, 0.25) is 5.89 Å². The normalized spacial score (nSPS) is 10.9. The largest absolute Gasteiger partial charge is 0.480 e. The van der Waals surface area contributed by atoms with Gasteiger partial charge in [0.25, 0.3) is 0 Å². The zero-order chi connectivity index (χ0) is 13.8. The van der Waals surface area contributed by atoms with Gasteiger partial charge in [0.05, 0.1) is 12.2 Å². The van der Waals surface area contributed by atoms with Crippen molar-refractivity contribution in [1.82, 2.24) is 9.88 Å². The predicted octanol–water partition coefficient (Wildman–Crippen LogP) is 2.51. The van der Waals surface area contributed by atoms with Crippen molar-refractivity contribution in [3.63, 3.8) is 0 Å². The van der Waals surface area contributed by atoms with Crippen molar-refractivity contribution < 1.29 is 14.3 Å². The van der Waals surface area contributed by atoms with E-state index in [-0.39, 0.29) is 6.54 Å². The van der Waals surface area contributed by atoms with E-state index in [1.807, 2.05) is 12.1 Å². The Morgan fingerprint density at radius 2 is 2.32 bits per heavy atom. The Balaban J connectivity index is 2.09. The van der Waals surface area contributed by atoms with Crippen molar-refractivity contribution in [2.45, 2.75) is 6.54 Å². The van der Waals surface area contributed by atoms with Crippen LogP contribution < -0.4 is 0 Å². The number of rotatable bonds is 5. The van der Waals surface area contributed by atoms with Gasteiger partial charge in [0.15, 0.2) is 0 Å². The SMILES string of the molecule is CN(CC(=O)O)Cc1coc(-c2cccc(Cl)c2)n1. The third kappa shape index (κ3) is 3.81. The standard InChI is InChI=1S/C13H13ClN2O3/c1-16(7-12(17)18)6-11-8-19-13(15-11)9-3-2-4-10(14)5-9/h2-5,8H,6-7H2,1H3,(H,17,18). The first-order valence-corrected chi connectivity index (χ1v) is 6.03. The van der Waals surface area contributed by atoms with Crippen LogP contribution in [-0.4, -0.2) is 34.6 Å². The van der Waals surface area contributed by atoms with Crippen molar-refractivity contribution in [3.05, 3.63) is 41.2 Å². The molecule has 1 aromatic carbocycles. The van der Waals surface area contributed by atoms with Crippen molar-refractivity contribution in [2.24, 2.45) is 0 Å². The van der Waals surface area contributed by atoms with Gasteiger partial charge < -0.3 is 9.52 Å². The van der Waals surface area contributed by atoms with Crippen LogP contribution in [-0.2, 0) is 11.3 Å². The van der Waals surface area contributed by atoms with E-state index >= 15 is 0 Å². The summed E-state index contributed by atoms with van der Waals surface area (Å²) in [5.74, 6) is -0.401. The fraction of sp³-hybridized carbons (Fsp3) is 0.231. The van der Waals surface area contributed by atoms with E-state index in [0.29, 0.717) is 23.2 Å². The molecule has 0 atom stereocenters. The molecule has 2 aromatic rings. The van der Waals surface area contributed by atoms with Gasteiger partial charge in [-0.1, -0.05) is 17.7 Å². The molecular formula is C13H13ClN2O3. The zero-order valence-electron chi connectivity index (χ0n) is 10.3. The number of carboxylic acids is 1. The highest BCUT2D eigenvalue weighted by Crippen LogP contribution is 2.22. The molecule has 0 bridgehead atoms. The van der Waals surface area contributed by atoms with Crippen LogP contribution in [0.5, 0.6) is 0 Å². The highest BCUT2D eigenvalue weighted by molar-refractivity contribution is 6.30. The number of halogens is 1. The second kappa shape index (κ2) is 5.86. The molecule has 100 valence electrons. The number of hydrogen-bond acceptors (Lipinski definition) is 4. The summed E-state index contributed by atoms with van der Waals surface area (Å²) in [6, 6.07) is 7.20. The summed E-state index contributed by atoms with van der Waals surface area (Å²) in [5, 5.41) is 9.29. The van der Waals surface area contributed by atoms with E-state index in [4.69, 9.17) is 21.1 Å². The van der Waals surface area contributed by atoms with E-state index in [1.165, 1.54) is 6.26 Å². The van der Waals surface area contributed by atoms with E-state index in [2.05, 4.69) is 4.98 Å². The summed E-state index contributed by atoms with van der Waals surface area (Å²) >= 11 is 5.90. The molecule has 2 rings (SSSR count). The fourth-order valence-electron chi connectivity index (χ4n) is 1.70. The quantitative estimate of drug-likeness (QED) is 0.911. The van der Waals surface area contributed by atoms with Crippen LogP contribution in [0.15, 0.2) is 34.9 Å². The molecule has 1 N–H and O–H groups in total. The summed E-state index contributed by atoms with van der Waals surface area (Å²) in [4.78, 5) is 16.5. The molecule has 1 aromatic heterocycles. The molecule has 6 heteroatoms. The first-order valence-electron chi connectivity index (χ1n) is 5.65. The van der Waals surface area contributed by atoms with Crippen LogP contribution in [0.4, 0.5) is 0 Å². The molecule has 0 aliphatic carbocycles. The lowest BCUT2D eigenvalue weighted by atomic mass is 10.2. The third-order valence-electron chi connectivity index (χ3n) is 2.46. The Hall–Kier alpha value is -1.85. The van der Waals surface area contributed by atoms with Gasteiger partial charge in [0.1, 0.15) is 6.26 Å². The van der Waals surface area contributed by atoms with Crippen molar-refractivity contribution in [3.8, 4) is 11.5 Å². The van der Waals surface area contributed by atoms with Gasteiger partial charge >= 0.3 is 5.97 Å². The Morgan fingerprint density at radius 1 is 1.53 bits per heavy atom. The minimum atomic E-state index is -0.874. The molecule has 0 saturated carbocycles. The number of oxazole rings is 1. The molecule has 0 aliphatic heterocycles. The number of aliphatic carboxylic acids is 1. The first kappa shape index (κ1) is 13.6. The molecule has 19 heavy (non-hydrogen) atoms. The van der Waals surface area contributed by atoms with Gasteiger partial charge in [-0.15, -0.1) is 0 Å². The van der Waals surface area contributed by atoms with E-state index < -0.39 is 5.97 Å². The summed E-state index contributed by atoms with van der Waals surface area (Å²) < 4.78 is 5.37. The molecule has 0 fully saturated rings. The van der Waals surface area contributed by atoms with Crippen LogP contribution in [0.1, 0.15) is 5.69 Å².